The molecule has 2 amide bonds. The quantitative estimate of drug-likeness (QED) is 0.551. The van der Waals surface area contributed by atoms with Gasteiger partial charge >= 0.3 is 6.18 Å². The third-order valence-corrected chi connectivity index (χ3v) is 5.17. The van der Waals surface area contributed by atoms with Crippen molar-refractivity contribution in [2.45, 2.75) is 25.6 Å². The summed E-state index contributed by atoms with van der Waals surface area (Å²) in [5.74, 6) is -0.942. The molecule has 32 heavy (non-hydrogen) atoms. The maximum atomic E-state index is 13.8. The van der Waals surface area contributed by atoms with Crippen molar-refractivity contribution in [3.8, 4) is 5.69 Å². The van der Waals surface area contributed by atoms with Crippen molar-refractivity contribution in [1.29, 1.82) is 0 Å². The molecule has 166 valence electrons. The topological polar surface area (TPSA) is 76.0 Å². The number of hydrogen-bond acceptors (Lipinski definition) is 3. The Bertz CT molecular complexity index is 1170. The summed E-state index contributed by atoms with van der Waals surface area (Å²) in [5.41, 5.74) is -0.512. The molecule has 1 fully saturated rings. The molecule has 0 bridgehead atoms. The largest absolute Gasteiger partial charge is 0.434 e. The number of carbonyl (C=O) groups is 2. The van der Waals surface area contributed by atoms with Crippen molar-refractivity contribution < 1.29 is 22.8 Å². The molecule has 0 radical (unpaired) electrons. The molecule has 1 aliphatic carbocycles. The van der Waals surface area contributed by atoms with Gasteiger partial charge in [-0.1, -0.05) is 29.8 Å². The third-order valence-electron chi connectivity index (χ3n) is 4.93. The van der Waals surface area contributed by atoms with Gasteiger partial charge in [0.2, 0.25) is 5.91 Å². The molecule has 10 heteroatoms. The van der Waals surface area contributed by atoms with E-state index in [1.54, 1.807) is 24.3 Å². The first kappa shape index (κ1) is 21.9. The zero-order valence-corrected chi connectivity index (χ0v) is 17.4. The van der Waals surface area contributed by atoms with Crippen LogP contribution in [0.5, 0.6) is 0 Å². The Kier molecular flexibility index (Phi) is 5.92. The molecule has 1 heterocycles. The first-order valence-electron chi connectivity index (χ1n) is 9.81. The van der Waals surface area contributed by atoms with E-state index in [4.69, 9.17) is 11.6 Å². The predicted octanol–water partition coefficient (Wildman–Crippen LogP) is 4.82. The van der Waals surface area contributed by atoms with Crippen LogP contribution in [0, 0.1) is 5.92 Å². The Labute approximate surface area is 186 Å². The van der Waals surface area contributed by atoms with Crippen molar-refractivity contribution in [3.05, 3.63) is 76.6 Å². The molecule has 0 atom stereocenters. The first-order chi connectivity index (χ1) is 15.2. The predicted molar refractivity (Wildman–Crippen MR) is 113 cm³/mol. The smallest absolute Gasteiger partial charge is 0.348 e. The Morgan fingerprint density at radius 3 is 2.56 bits per heavy atom. The first-order valence-corrected chi connectivity index (χ1v) is 10.2. The summed E-state index contributed by atoms with van der Waals surface area (Å²) in [4.78, 5) is 24.5. The van der Waals surface area contributed by atoms with E-state index in [0.717, 1.165) is 19.0 Å². The maximum absolute atomic E-state index is 13.8. The van der Waals surface area contributed by atoms with E-state index in [1.807, 2.05) is 0 Å². The van der Waals surface area contributed by atoms with Crippen LogP contribution >= 0.6 is 11.6 Å². The van der Waals surface area contributed by atoms with Gasteiger partial charge in [-0.3, -0.25) is 9.59 Å². The lowest BCUT2D eigenvalue weighted by atomic mass is 10.1. The zero-order chi connectivity index (χ0) is 22.9. The van der Waals surface area contributed by atoms with Gasteiger partial charge in [0.05, 0.1) is 17.4 Å². The number of benzene rings is 2. The highest BCUT2D eigenvalue weighted by molar-refractivity contribution is 6.30. The van der Waals surface area contributed by atoms with Crippen molar-refractivity contribution in [1.82, 2.24) is 15.1 Å². The van der Waals surface area contributed by atoms with E-state index in [0.29, 0.717) is 15.9 Å². The van der Waals surface area contributed by atoms with E-state index in [1.165, 1.54) is 24.3 Å². The maximum Gasteiger partial charge on any atom is 0.434 e. The fraction of sp³-hybridized carbons (Fsp3) is 0.227. The van der Waals surface area contributed by atoms with E-state index in [2.05, 4.69) is 15.7 Å². The summed E-state index contributed by atoms with van der Waals surface area (Å²) in [7, 11) is 0. The normalized spacial score (nSPS) is 13.6. The average molecular weight is 463 g/mol. The third kappa shape index (κ3) is 4.94. The summed E-state index contributed by atoms with van der Waals surface area (Å²) in [6.07, 6.45) is -2.21. The Hall–Kier alpha value is -3.33. The number of hydrogen-bond donors (Lipinski definition) is 2. The molecule has 4 rings (SSSR count). The van der Waals surface area contributed by atoms with Gasteiger partial charge in [0.25, 0.3) is 5.91 Å². The minimum Gasteiger partial charge on any atom is -0.348 e. The van der Waals surface area contributed by atoms with Crippen LogP contribution in [0.2, 0.25) is 5.02 Å². The van der Waals surface area contributed by atoms with Crippen LogP contribution in [-0.2, 0) is 17.5 Å². The van der Waals surface area contributed by atoms with Gasteiger partial charge in [-0.05, 0) is 48.7 Å². The number of carbonyl (C=O) groups excluding carboxylic acids is 2. The molecular formula is C22H18ClF3N4O2. The van der Waals surface area contributed by atoms with E-state index in [9.17, 15) is 22.8 Å². The number of amides is 2. The summed E-state index contributed by atoms with van der Waals surface area (Å²) in [5, 5.41) is 9.29. The molecule has 3 aromatic rings. The van der Waals surface area contributed by atoms with Crippen molar-refractivity contribution in [2.75, 3.05) is 5.32 Å². The fourth-order valence-electron chi connectivity index (χ4n) is 3.22. The van der Waals surface area contributed by atoms with E-state index >= 15 is 0 Å². The van der Waals surface area contributed by atoms with Crippen molar-refractivity contribution in [2.24, 2.45) is 5.92 Å². The highest BCUT2D eigenvalue weighted by Gasteiger charge is 2.40. The van der Waals surface area contributed by atoms with Gasteiger partial charge in [0.1, 0.15) is 0 Å². The number of alkyl halides is 3. The number of nitrogens with one attached hydrogen (secondary N) is 2. The molecule has 0 aliphatic heterocycles. The monoisotopic (exact) mass is 462 g/mol. The molecule has 0 unspecified atom stereocenters. The minimum atomic E-state index is -4.82. The molecule has 2 aromatic carbocycles. The lowest BCUT2D eigenvalue weighted by Gasteiger charge is -2.13. The summed E-state index contributed by atoms with van der Waals surface area (Å²) < 4.78 is 42.0. The van der Waals surface area contributed by atoms with Crippen molar-refractivity contribution >= 4 is 29.1 Å². The SMILES string of the molecule is O=C(NCc1cccc(NC(=O)C2CC2)c1)c1cnn(-c2cccc(Cl)c2)c1C(F)(F)F. The molecule has 1 aliphatic rings. The summed E-state index contributed by atoms with van der Waals surface area (Å²) in [6.45, 7) is -0.0222. The van der Waals surface area contributed by atoms with Crippen molar-refractivity contribution in [3.63, 3.8) is 0 Å². The van der Waals surface area contributed by atoms with Gasteiger partial charge in [-0.2, -0.15) is 18.3 Å². The van der Waals surface area contributed by atoms with Gasteiger partial charge in [0, 0.05) is 23.2 Å². The van der Waals surface area contributed by atoms with Gasteiger partial charge in [-0.25, -0.2) is 4.68 Å². The minimum absolute atomic E-state index is 0.0222. The standard InChI is InChI=1S/C22H18ClF3N4O2/c23-15-4-2-6-17(10-15)30-19(22(24,25)26)18(12-28-30)21(32)27-11-13-3-1-5-16(9-13)29-20(31)14-7-8-14/h1-6,9-10,12,14H,7-8,11H2,(H,27,32)(H,29,31). The molecule has 0 spiro atoms. The Morgan fingerprint density at radius 1 is 1.12 bits per heavy atom. The highest BCUT2D eigenvalue weighted by Crippen LogP contribution is 2.34. The second-order valence-corrected chi connectivity index (χ2v) is 7.88. The van der Waals surface area contributed by atoms with Crippen LogP contribution in [-0.4, -0.2) is 21.6 Å². The van der Waals surface area contributed by atoms with E-state index in [-0.39, 0.29) is 29.1 Å². The fourth-order valence-corrected chi connectivity index (χ4v) is 3.40. The number of halogens is 4. The van der Waals surface area contributed by atoms with Gasteiger partial charge < -0.3 is 10.6 Å². The summed E-state index contributed by atoms with van der Waals surface area (Å²) >= 11 is 5.89. The van der Waals surface area contributed by atoms with Crippen LogP contribution in [0.3, 0.4) is 0 Å². The molecule has 6 nitrogen and oxygen atoms in total. The van der Waals surface area contributed by atoms with Gasteiger partial charge in [-0.15, -0.1) is 0 Å². The second-order valence-electron chi connectivity index (χ2n) is 7.44. The number of aromatic nitrogens is 2. The molecule has 1 saturated carbocycles. The molecule has 1 aromatic heterocycles. The zero-order valence-electron chi connectivity index (χ0n) is 16.6. The summed E-state index contributed by atoms with van der Waals surface area (Å²) in [6, 6.07) is 12.5. The van der Waals surface area contributed by atoms with Crippen LogP contribution in [0.1, 0.15) is 34.5 Å². The molecule has 2 N–H and O–H groups in total. The lowest BCUT2D eigenvalue weighted by molar-refractivity contribution is -0.143. The average Bonchev–Trinajstić information content (AvgIpc) is 3.49. The highest BCUT2D eigenvalue weighted by atomic mass is 35.5. The molecular weight excluding hydrogens is 445 g/mol. The second kappa shape index (κ2) is 8.66. The lowest BCUT2D eigenvalue weighted by Crippen LogP contribution is -2.26. The Morgan fingerprint density at radius 2 is 1.88 bits per heavy atom. The number of anilines is 1. The van der Waals surface area contributed by atoms with Crippen LogP contribution < -0.4 is 10.6 Å². The van der Waals surface area contributed by atoms with Gasteiger partial charge in [0.15, 0.2) is 5.69 Å². The van der Waals surface area contributed by atoms with Crippen LogP contribution in [0.4, 0.5) is 18.9 Å². The van der Waals surface area contributed by atoms with Crippen LogP contribution in [0.25, 0.3) is 5.69 Å². The number of nitrogens with zero attached hydrogens (tertiary/aromatic N) is 2. The van der Waals surface area contributed by atoms with E-state index < -0.39 is 23.3 Å². The Balaban J connectivity index is 1.52. The molecule has 0 saturated heterocycles. The number of rotatable bonds is 6. The van der Waals surface area contributed by atoms with Crippen LogP contribution in [0.15, 0.2) is 54.7 Å².